The van der Waals surface area contributed by atoms with Gasteiger partial charge in [0.15, 0.2) is 0 Å². The number of fused-ring (bicyclic) bond motifs is 1. The fourth-order valence-corrected chi connectivity index (χ4v) is 3.32. The van der Waals surface area contributed by atoms with Gasteiger partial charge in [0.05, 0.1) is 23.0 Å². The lowest BCUT2D eigenvalue weighted by Crippen LogP contribution is -2.26. The number of benzene rings is 1. The second-order valence-corrected chi connectivity index (χ2v) is 7.54. The highest BCUT2D eigenvalue weighted by molar-refractivity contribution is 6.07. The number of amides is 1. The van der Waals surface area contributed by atoms with E-state index < -0.39 is 5.82 Å². The van der Waals surface area contributed by atoms with Gasteiger partial charge in [0.1, 0.15) is 5.82 Å². The average Bonchev–Trinajstić information content (AvgIpc) is 3.24. The van der Waals surface area contributed by atoms with Crippen LogP contribution in [-0.4, -0.2) is 37.6 Å². The highest BCUT2D eigenvalue weighted by Crippen LogP contribution is 2.27. The summed E-state index contributed by atoms with van der Waals surface area (Å²) in [6, 6.07) is 9.96. The van der Waals surface area contributed by atoms with E-state index >= 15 is 0 Å². The molecule has 0 radical (unpaired) electrons. The van der Waals surface area contributed by atoms with Gasteiger partial charge in [0, 0.05) is 49.2 Å². The van der Waals surface area contributed by atoms with Crippen LogP contribution in [0.1, 0.15) is 35.8 Å². The Bertz CT molecular complexity index is 1200. The molecule has 3 heterocycles. The Kier molecular flexibility index (Phi) is 5.27. The van der Waals surface area contributed by atoms with Crippen LogP contribution in [0.2, 0.25) is 0 Å². The molecule has 0 N–H and O–H groups in total. The lowest BCUT2D eigenvalue weighted by molar-refractivity contribution is 0.0787. The maximum Gasteiger partial charge on any atom is 0.254 e. The SMILES string of the molecule is CC(C)n1cc(-c2cc(C(=O)N(C)Cc3cccnc3)c3cc(F)ccc3n2)cn1. The monoisotopic (exact) mass is 403 g/mol. The highest BCUT2D eigenvalue weighted by atomic mass is 19.1. The molecule has 0 aliphatic heterocycles. The number of carbonyl (C=O) groups excluding carboxylic acids is 1. The van der Waals surface area contributed by atoms with Crippen molar-refractivity contribution in [3.63, 3.8) is 0 Å². The van der Waals surface area contributed by atoms with Crippen LogP contribution >= 0.6 is 0 Å². The summed E-state index contributed by atoms with van der Waals surface area (Å²) in [5.74, 6) is -0.622. The van der Waals surface area contributed by atoms with Crippen molar-refractivity contribution < 1.29 is 9.18 Å². The zero-order valence-corrected chi connectivity index (χ0v) is 17.1. The molecule has 1 aromatic carbocycles. The maximum atomic E-state index is 14.0. The van der Waals surface area contributed by atoms with Crippen LogP contribution in [0.4, 0.5) is 4.39 Å². The summed E-state index contributed by atoms with van der Waals surface area (Å²) in [5, 5.41) is 4.85. The fraction of sp³-hybridized carbons (Fsp3) is 0.217. The molecule has 3 aromatic heterocycles. The Morgan fingerprint density at radius 2 is 2.03 bits per heavy atom. The Balaban J connectivity index is 1.78. The topological polar surface area (TPSA) is 63.9 Å². The third-order valence-corrected chi connectivity index (χ3v) is 4.92. The molecule has 0 spiro atoms. The second kappa shape index (κ2) is 8.02. The van der Waals surface area contributed by atoms with Gasteiger partial charge in [0.2, 0.25) is 0 Å². The summed E-state index contributed by atoms with van der Waals surface area (Å²) in [4.78, 5) is 23.6. The molecule has 1 amide bonds. The van der Waals surface area contributed by atoms with Crippen LogP contribution in [-0.2, 0) is 6.54 Å². The number of rotatable bonds is 5. The molecule has 0 unspecified atom stereocenters. The second-order valence-electron chi connectivity index (χ2n) is 7.54. The first kappa shape index (κ1) is 19.7. The molecule has 0 bridgehead atoms. The largest absolute Gasteiger partial charge is 0.337 e. The number of halogens is 1. The van der Waals surface area contributed by atoms with E-state index in [0.29, 0.717) is 28.7 Å². The number of hydrogen-bond acceptors (Lipinski definition) is 4. The van der Waals surface area contributed by atoms with Crippen molar-refractivity contribution in [2.45, 2.75) is 26.4 Å². The highest BCUT2D eigenvalue weighted by Gasteiger charge is 2.19. The van der Waals surface area contributed by atoms with Crippen molar-refractivity contribution in [2.24, 2.45) is 0 Å². The molecule has 0 fully saturated rings. The molecule has 6 nitrogen and oxygen atoms in total. The van der Waals surface area contributed by atoms with E-state index in [1.165, 1.54) is 12.1 Å². The first-order chi connectivity index (χ1) is 14.4. The minimum atomic E-state index is -0.409. The van der Waals surface area contributed by atoms with Crippen LogP contribution in [0.5, 0.6) is 0 Å². The number of aromatic nitrogens is 4. The summed E-state index contributed by atoms with van der Waals surface area (Å²) in [6.07, 6.45) is 7.04. The van der Waals surface area contributed by atoms with Gasteiger partial charge in [-0.1, -0.05) is 6.07 Å². The molecule has 152 valence electrons. The molecule has 7 heteroatoms. The van der Waals surface area contributed by atoms with E-state index in [2.05, 4.69) is 15.1 Å². The standard InChI is InChI=1S/C23H22FN5O/c1-15(2)29-14-17(12-26-29)22-10-20(19-9-18(24)6-7-21(19)27-22)23(30)28(3)13-16-5-4-8-25-11-16/h4-12,14-15H,13H2,1-3H3. The van der Waals surface area contributed by atoms with E-state index in [9.17, 15) is 9.18 Å². The molecule has 0 saturated carbocycles. The molecule has 0 aliphatic carbocycles. The van der Waals surface area contributed by atoms with Crippen LogP contribution in [0.25, 0.3) is 22.2 Å². The molecule has 0 saturated heterocycles. The zero-order valence-electron chi connectivity index (χ0n) is 17.1. The van der Waals surface area contributed by atoms with Crippen LogP contribution < -0.4 is 0 Å². The minimum Gasteiger partial charge on any atom is -0.337 e. The third-order valence-electron chi connectivity index (χ3n) is 4.92. The molecule has 30 heavy (non-hydrogen) atoms. The summed E-state index contributed by atoms with van der Waals surface area (Å²) >= 11 is 0. The average molecular weight is 403 g/mol. The quantitative estimate of drug-likeness (QED) is 0.493. The normalized spacial score (nSPS) is 11.2. The molecule has 4 aromatic rings. The van der Waals surface area contributed by atoms with Crippen LogP contribution in [0.3, 0.4) is 0 Å². The van der Waals surface area contributed by atoms with Gasteiger partial charge >= 0.3 is 0 Å². The predicted molar refractivity (Wildman–Crippen MR) is 113 cm³/mol. The lowest BCUT2D eigenvalue weighted by Gasteiger charge is -2.19. The number of hydrogen-bond donors (Lipinski definition) is 0. The van der Waals surface area contributed by atoms with Crippen molar-refractivity contribution in [3.05, 3.63) is 78.1 Å². The molecular formula is C23H22FN5O. The van der Waals surface area contributed by atoms with Gasteiger partial charge < -0.3 is 4.90 Å². The van der Waals surface area contributed by atoms with E-state index in [-0.39, 0.29) is 11.9 Å². The summed E-state index contributed by atoms with van der Waals surface area (Å²) in [6.45, 7) is 4.47. The van der Waals surface area contributed by atoms with Crippen molar-refractivity contribution >= 4 is 16.8 Å². The number of pyridine rings is 2. The Morgan fingerprint density at radius 3 is 2.73 bits per heavy atom. The molecular weight excluding hydrogens is 381 g/mol. The minimum absolute atomic E-state index is 0.208. The number of nitrogens with zero attached hydrogens (tertiary/aromatic N) is 5. The predicted octanol–water partition coefficient (Wildman–Crippen LogP) is 4.49. The van der Waals surface area contributed by atoms with Crippen molar-refractivity contribution in [3.8, 4) is 11.3 Å². The van der Waals surface area contributed by atoms with Crippen molar-refractivity contribution in [1.29, 1.82) is 0 Å². The molecule has 0 atom stereocenters. The summed E-state index contributed by atoms with van der Waals surface area (Å²) in [5.41, 5.74) is 3.30. The van der Waals surface area contributed by atoms with Gasteiger partial charge in [-0.3, -0.25) is 14.5 Å². The van der Waals surface area contributed by atoms with E-state index in [1.807, 2.05) is 36.9 Å². The fourth-order valence-electron chi connectivity index (χ4n) is 3.32. The summed E-state index contributed by atoms with van der Waals surface area (Å²) < 4.78 is 15.8. The van der Waals surface area contributed by atoms with Crippen LogP contribution in [0, 0.1) is 5.82 Å². The van der Waals surface area contributed by atoms with E-state index in [1.54, 1.807) is 42.7 Å². The van der Waals surface area contributed by atoms with Gasteiger partial charge in [-0.25, -0.2) is 9.37 Å². The van der Waals surface area contributed by atoms with E-state index in [0.717, 1.165) is 11.1 Å². The van der Waals surface area contributed by atoms with Crippen molar-refractivity contribution in [2.75, 3.05) is 7.05 Å². The first-order valence-corrected chi connectivity index (χ1v) is 9.71. The lowest BCUT2D eigenvalue weighted by atomic mass is 10.0. The zero-order chi connectivity index (χ0) is 21.3. The summed E-state index contributed by atoms with van der Waals surface area (Å²) in [7, 11) is 1.72. The third kappa shape index (κ3) is 3.91. The maximum absolute atomic E-state index is 14.0. The number of carbonyl (C=O) groups is 1. The van der Waals surface area contributed by atoms with Gasteiger partial charge in [-0.05, 0) is 49.7 Å². The van der Waals surface area contributed by atoms with Gasteiger partial charge in [0.25, 0.3) is 5.91 Å². The van der Waals surface area contributed by atoms with Gasteiger partial charge in [-0.2, -0.15) is 5.10 Å². The first-order valence-electron chi connectivity index (χ1n) is 9.71. The Morgan fingerprint density at radius 1 is 1.20 bits per heavy atom. The smallest absolute Gasteiger partial charge is 0.254 e. The molecule has 0 aliphatic rings. The Hall–Kier alpha value is -3.61. The molecule has 4 rings (SSSR count). The van der Waals surface area contributed by atoms with Crippen molar-refractivity contribution in [1.82, 2.24) is 24.6 Å². The van der Waals surface area contributed by atoms with Gasteiger partial charge in [-0.15, -0.1) is 0 Å². The van der Waals surface area contributed by atoms with Crippen LogP contribution in [0.15, 0.2) is 61.2 Å². The Labute approximate surface area is 174 Å². The van der Waals surface area contributed by atoms with E-state index in [4.69, 9.17) is 0 Å².